The molecule has 6 heteroatoms. The van der Waals surface area contributed by atoms with E-state index in [4.69, 9.17) is 11.6 Å². The van der Waals surface area contributed by atoms with Gasteiger partial charge in [-0.2, -0.15) is 4.57 Å². The van der Waals surface area contributed by atoms with Crippen LogP contribution in [0.5, 0.6) is 0 Å². The summed E-state index contributed by atoms with van der Waals surface area (Å²) in [5.41, 5.74) is -0.876. The molecule has 92 valence electrons. The Morgan fingerprint density at radius 1 is 1.22 bits per heavy atom. The van der Waals surface area contributed by atoms with Gasteiger partial charge in [-0.05, 0) is 31.2 Å². The fraction of sp³-hybridized carbons (Fsp3) is 0.0833. The fourth-order valence-corrected chi connectivity index (χ4v) is 1.60. The molecule has 18 heavy (non-hydrogen) atoms. The maximum Gasteiger partial charge on any atom is 0.335 e. The summed E-state index contributed by atoms with van der Waals surface area (Å²) in [6.07, 6.45) is 1.27. The highest BCUT2D eigenvalue weighted by Crippen LogP contribution is 2.09. The number of hydrogen-bond acceptors (Lipinski definition) is 3. The molecule has 0 saturated heterocycles. The smallest absolute Gasteiger partial charge is 0.313 e. The lowest BCUT2D eigenvalue weighted by molar-refractivity contribution is 0.0950. The first-order valence-corrected chi connectivity index (χ1v) is 5.50. The first kappa shape index (κ1) is 12.3. The van der Waals surface area contributed by atoms with Gasteiger partial charge in [0.2, 0.25) is 0 Å². The number of carbonyl (C=O) groups is 1. The number of rotatable bonds is 1. The zero-order valence-corrected chi connectivity index (χ0v) is 10.2. The summed E-state index contributed by atoms with van der Waals surface area (Å²) >= 11 is 5.70. The molecule has 1 aromatic carbocycles. The highest BCUT2D eigenvalue weighted by molar-refractivity contribution is 6.30. The Morgan fingerprint density at radius 2 is 1.83 bits per heavy atom. The van der Waals surface area contributed by atoms with Crippen LogP contribution in [-0.2, 0) is 0 Å². The van der Waals surface area contributed by atoms with Crippen LogP contribution in [-0.4, -0.2) is 15.5 Å². The normalized spacial score (nSPS) is 10.3. The van der Waals surface area contributed by atoms with Crippen molar-refractivity contribution in [2.75, 3.05) is 0 Å². The summed E-state index contributed by atoms with van der Waals surface area (Å²) in [5, 5.41) is 0.469. The Balaban J connectivity index is 2.60. The third-order valence-electron chi connectivity index (χ3n) is 2.45. The van der Waals surface area contributed by atoms with Crippen LogP contribution in [0.2, 0.25) is 5.02 Å². The number of aryl methyl sites for hydroxylation is 1. The third-order valence-corrected chi connectivity index (χ3v) is 2.70. The summed E-state index contributed by atoms with van der Waals surface area (Å²) in [6.45, 7) is 1.52. The number of H-pyrrole nitrogens is 1. The number of carbonyl (C=O) groups excluding carboxylic acids is 1. The van der Waals surface area contributed by atoms with E-state index in [1.807, 2.05) is 0 Å². The van der Waals surface area contributed by atoms with Gasteiger partial charge in [0, 0.05) is 22.3 Å². The van der Waals surface area contributed by atoms with Crippen LogP contribution in [0.1, 0.15) is 15.9 Å². The predicted molar refractivity (Wildman–Crippen MR) is 67.2 cm³/mol. The van der Waals surface area contributed by atoms with Gasteiger partial charge in [-0.3, -0.25) is 9.59 Å². The second kappa shape index (κ2) is 4.62. The summed E-state index contributed by atoms with van der Waals surface area (Å²) in [7, 11) is 0. The molecular weight excluding hydrogens is 256 g/mol. The Morgan fingerprint density at radius 3 is 2.44 bits per heavy atom. The maximum absolute atomic E-state index is 12.1. The Hall–Kier alpha value is -2.14. The molecule has 0 unspecified atom stereocenters. The summed E-state index contributed by atoms with van der Waals surface area (Å²) in [5.74, 6) is -0.679. The summed E-state index contributed by atoms with van der Waals surface area (Å²) in [4.78, 5) is 37.7. The molecule has 1 N–H and O–H groups in total. The van der Waals surface area contributed by atoms with E-state index < -0.39 is 17.2 Å². The number of nitrogens with one attached hydrogen (secondary N) is 1. The number of halogens is 1. The standard InChI is InChI=1S/C12H9ClN2O3/c1-7-6-14-12(18)15(10(7)16)11(17)8-2-4-9(13)5-3-8/h2-6H,1H3,(H,14,18). The first-order chi connectivity index (χ1) is 8.50. The molecule has 5 nitrogen and oxygen atoms in total. The molecule has 1 aromatic heterocycles. The van der Waals surface area contributed by atoms with Gasteiger partial charge < -0.3 is 4.98 Å². The van der Waals surface area contributed by atoms with Crippen LogP contribution in [0.3, 0.4) is 0 Å². The van der Waals surface area contributed by atoms with Crippen molar-refractivity contribution >= 4 is 17.5 Å². The minimum Gasteiger partial charge on any atom is -0.313 e. The minimum atomic E-state index is -0.759. The van der Waals surface area contributed by atoms with Gasteiger partial charge in [0.15, 0.2) is 0 Å². The molecule has 0 radical (unpaired) electrons. The summed E-state index contributed by atoms with van der Waals surface area (Å²) < 4.78 is 0.568. The van der Waals surface area contributed by atoms with Crippen LogP contribution >= 0.6 is 11.6 Å². The molecule has 0 aliphatic heterocycles. The first-order valence-electron chi connectivity index (χ1n) is 5.12. The minimum absolute atomic E-state index is 0.220. The topological polar surface area (TPSA) is 71.9 Å². The molecule has 2 aromatic rings. The van der Waals surface area contributed by atoms with E-state index in [0.29, 0.717) is 9.59 Å². The molecular formula is C12H9ClN2O3. The second-order valence-electron chi connectivity index (χ2n) is 3.73. The number of benzene rings is 1. The molecule has 0 spiro atoms. The van der Waals surface area contributed by atoms with E-state index in [1.165, 1.54) is 37.4 Å². The van der Waals surface area contributed by atoms with E-state index in [0.717, 1.165) is 0 Å². The number of hydrogen-bond donors (Lipinski definition) is 1. The Kier molecular flexibility index (Phi) is 3.16. The number of aromatic amines is 1. The molecule has 1 heterocycles. The van der Waals surface area contributed by atoms with E-state index in [2.05, 4.69) is 4.98 Å². The predicted octanol–water partition coefficient (Wildman–Crippen LogP) is 1.19. The monoisotopic (exact) mass is 264 g/mol. The van der Waals surface area contributed by atoms with Crippen LogP contribution in [0.15, 0.2) is 40.1 Å². The second-order valence-corrected chi connectivity index (χ2v) is 4.17. The van der Waals surface area contributed by atoms with Gasteiger partial charge in [0.25, 0.3) is 11.5 Å². The van der Waals surface area contributed by atoms with Crippen molar-refractivity contribution in [3.63, 3.8) is 0 Å². The Bertz CT molecular complexity index is 713. The molecule has 0 amide bonds. The molecule has 0 aliphatic rings. The van der Waals surface area contributed by atoms with Crippen molar-refractivity contribution in [1.82, 2.24) is 9.55 Å². The molecule has 0 bridgehead atoms. The van der Waals surface area contributed by atoms with Gasteiger partial charge in [-0.1, -0.05) is 11.6 Å². The van der Waals surface area contributed by atoms with Crippen LogP contribution < -0.4 is 11.2 Å². The van der Waals surface area contributed by atoms with Gasteiger partial charge in [-0.15, -0.1) is 0 Å². The van der Waals surface area contributed by atoms with Gasteiger partial charge >= 0.3 is 5.69 Å². The SMILES string of the molecule is Cc1c[nH]c(=O)n(C(=O)c2ccc(Cl)cc2)c1=O. The molecule has 0 aliphatic carbocycles. The summed E-state index contributed by atoms with van der Waals surface area (Å²) in [6, 6.07) is 5.95. The van der Waals surface area contributed by atoms with Crippen LogP contribution in [0.4, 0.5) is 0 Å². The largest absolute Gasteiger partial charge is 0.335 e. The highest BCUT2D eigenvalue weighted by atomic mass is 35.5. The third kappa shape index (κ3) is 2.12. The van der Waals surface area contributed by atoms with Crippen molar-refractivity contribution in [3.05, 3.63) is 67.4 Å². The average Bonchev–Trinajstić information content (AvgIpc) is 2.35. The molecule has 0 atom stereocenters. The average molecular weight is 265 g/mol. The van der Waals surface area contributed by atoms with E-state index in [9.17, 15) is 14.4 Å². The number of nitrogens with zero attached hydrogens (tertiary/aromatic N) is 1. The highest BCUT2D eigenvalue weighted by Gasteiger charge is 2.14. The van der Waals surface area contributed by atoms with Crippen LogP contribution in [0.25, 0.3) is 0 Å². The lowest BCUT2D eigenvalue weighted by atomic mass is 10.2. The maximum atomic E-state index is 12.1. The molecule has 0 saturated carbocycles. The lowest BCUT2D eigenvalue weighted by Crippen LogP contribution is -2.40. The molecule has 0 fully saturated rings. The quantitative estimate of drug-likeness (QED) is 0.841. The fourth-order valence-electron chi connectivity index (χ4n) is 1.47. The van der Waals surface area contributed by atoms with E-state index in [-0.39, 0.29) is 11.1 Å². The van der Waals surface area contributed by atoms with Crippen molar-refractivity contribution in [2.24, 2.45) is 0 Å². The Labute approximate surface area is 107 Å². The van der Waals surface area contributed by atoms with E-state index >= 15 is 0 Å². The van der Waals surface area contributed by atoms with Gasteiger partial charge in [0.05, 0.1) is 0 Å². The number of aromatic nitrogens is 2. The van der Waals surface area contributed by atoms with Gasteiger partial charge in [0.1, 0.15) is 0 Å². The van der Waals surface area contributed by atoms with Crippen molar-refractivity contribution < 1.29 is 4.79 Å². The van der Waals surface area contributed by atoms with Crippen molar-refractivity contribution in [2.45, 2.75) is 6.92 Å². The zero-order chi connectivity index (χ0) is 13.3. The van der Waals surface area contributed by atoms with E-state index in [1.54, 1.807) is 0 Å². The molecule has 2 rings (SSSR count). The zero-order valence-electron chi connectivity index (χ0n) is 9.44. The van der Waals surface area contributed by atoms with Crippen molar-refractivity contribution in [1.29, 1.82) is 0 Å². The van der Waals surface area contributed by atoms with Gasteiger partial charge in [-0.25, -0.2) is 4.79 Å². The van der Waals surface area contributed by atoms with Crippen molar-refractivity contribution in [3.8, 4) is 0 Å². The van der Waals surface area contributed by atoms with Crippen LogP contribution in [0, 0.1) is 6.92 Å². The lowest BCUT2D eigenvalue weighted by Gasteiger charge is -2.04.